The summed E-state index contributed by atoms with van der Waals surface area (Å²) in [5, 5.41) is 3.23. The Kier molecular flexibility index (Phi) is 3.32. The van der Waals surface area contributed by atoms with Crippen molar-refractivity contribution in [3.63, 3.8) is 0 Å². The summed E-state index contributed by atoms with van der Waals surface area (Å²) in [6, 6.07) is 5.91. The van der Waals surface area contributed by atoms with Crippen LogP contribution in [0, 0.1) is 6.92 Å². The SMILES string of the molecule is CCc1cnc(CNc2cccc(C)c2N)o1. The van der Waals surface area contributed by atoms with E-state index in [-0.39, 0.29) is 0 Å². The summed E-state index contributed by atoms with van der Waals surface area (Å²) in [5.74, 6) is 1.58. The van der Waals surface area contributed by atoms with E-state index in [1.54, 1.807) is 6.20 Å². The summed E-state index contributed by atoms with van der Waals surface area (Å²) in [4.78, 5) is 4.18. The Labute approximate surface area is 101 Å². The zero-order valence-electron chi connectivity index (χ0n) is 10.2. The summed E-state index contributed by atoms with van der Waals surface area (Å²) in [5.41, 5.74) is 8.72. The van der Waals surface area contributed by atoms with Crippen LogP contribution in [0.1, 0.15) is 24.1 Å². The highest BCUT2D eigenvalue weighted by Crippen LogP contribution is 2.22. The molecule has 0 saturated carbocycles. The second-order valence-electron chi connectivity index (χ2n) is 3.96. The molecule has 4 heteroatoms. The number of aromatic nitrogens is 1. The van der Waals surface area contributed by atoms with Gasteiger partial charge in [0.05, 0.1) is 24.1 Å². The van der Waals surface area contributed by atoms with Crippen LogP contribution in [0.15, 0.2) is 28.8 Å². The molecule has 17 heavy (non-hydrogen) atoms. The first-order valence-corrected chi connectivity index (χ1v) is 5.73. The molecule has 3 N–H and O–H groups in total. The van der Waals surface area contributed by atoms with Crippen LogP contribution in [0.25, 0.3) is 0 Å². The van der Waals surface area contributed by atoms with Gasteiger partial charge in [-0.3, -0.25) is 0 Å². The van der Waals surface area contributed by atoms with E-state index in [2.05, 4.69) is 10.3 Å². The van der Waals surface area contributed by atoms with Crippen LogP contribution in [0.4, 0.5) is 11.4 Å². The number of rotatable bonds is 4. The average Bonchev–Trinajstić information content (AvgIpc) is 2.79. The van der Waals surface area contributed by atoms with Gasteiger partial charge in [0.2, 0.25) is 5.89 Å². The quantitative estimate of drug-likeness (QED) is 0.794. The van der Waals surface area contributed by atoms with Gasteiger partial charge < -0.3 is 15.5 Å². The lowest BCUT2D eigenvalue weighted by atomic mass is 10.2. The van der Waals surface area contributed by atoms with Crippen molar-refractivity contribution in [1.82, 2.24) is 4.98 Å². The molecule has 0 radical (unpaired) electrons. The van der Waals surface area contributed by atoms with Gasteiger partial charge in [0.1, 0.15) is 5.76 Å². The molecule has 2 aromatic rings. The molecular formula is C13H17N3O. The zero-order valence-corrected chi connectivity index (χ0v) is 10.2. The number of hydrogen-bond donors (Lipinski definition) is 2. The fourth-order valence-corrected chi connectivity index (χ4v) is 1.60. The van der Waals surface area contributed by atoms with Gasteiger partial charge in [0.25, 0.3) is 0 Å². The lowest BCUT2D eigenvalue weighted by Crippen LogP contribution is -2.03. The Morgan fingerprint density at radius 3 is 2.94 bits per heavy atom. The summed E-state index contributed by atoms with van der Waals surface area (Å²) >= 11 is 0. The van der Waals surface area contributed by atoms with Crippen molar-refractivity contribution in [3.05, 3.63) is 41.6 Å². The minimum Gasteiger partial charge on any atom is -0.444 e. The first-order valence-electron chi connectivity index (χ1n) is 5.73. The van der Waals surface area contributed by atoms with Gasteiger partial charge in [-0.25, -0.2) is 4.98 Å². The van der Waals surface area contributed by atoms with Gasteiger partial charge in [0.15, 0.2) is 0 Å². The van der Waals surface area contributed by atoms with Crippen molar-refractivity contribution in [3.8, 4) is 0 Å². The van der Waals surface area contributed by atoms with Crippen LogP contribution in [0.5, 0.6) is 0 Å². The van der Waals surface area contributed by atoms with Crippen molar-refractivity contribution in [1.29, 1.82) is 0 Å². The molecule has 1 aromatic carbocycles. The third-order valence-corrected chi connectivity index (χ3v) is 2.70. The first kappa shape index (κ1) is 11.5. The summed E-state index contributed by atoms with van der Waals surface area (Å²) in [6.07, 6.45) is 2.62. The Morgan fingerprint density at radius 1 is 1.41 bits per heavy atom. The number of para-hydroxylation sites is 1. The van der Waals surface area contributed by atoms with Crippen molar-refractivity contribution in [2.45, 2.75) is 26.8 Å². The van der Waals surface area contributed by atoms with Crippen LogP contribution >= 0.6 is 0 Å². The predicted molar refractivity (Wildman–Crippen MR) is 68.8 cm³/mol. The topological polar surface area (TPSA) is 64.1 Å². The van der Waals surface area contributed by atoms with E-state index < -0.39 is 0 Å². The molecule has 0 unspecified atom stereocenters. The van der Waals surface area contributed by atoms with Crippen molar-refractivity contribution in [2.75, 3.05) is 11.1 Å². The lowest BCUT2D eigenvalue weighted by molar-refractivity contribution is 0.466. The minimum absolute atomic E-state index is 0.549. The van der Waals surface area contributed by atoms with Crippen molar-refractivity contribution >= 4 is 11.4 Å². The molecular weight excluding hydrogens is 214 g/mol. The summed E-state index contributed by atoms with van der Waals surface area (Å²) in [6.45, 7) is 4.57. The maximum absolute atomic E-state index is 5.96. The zero-order chi connectivity index (χ0) is 12.3. The molecule has 0 aliphatic rings. The van der Waals surface area contributed by atoms with E-state index >= 15 is 0 Å². The molecule has 0 aliphatic heterocycles. The standard InChI is InChI=1S/C13H17N3O/c1-3-10-7-16-12(17-10)8-15-11-6-4-5-9(2)13(11)14/h4-7,15H,3,8,14H2,1-2H3. The first-order chi connectivity index (χ1) is 8.20. The van der Waals surface area contributed by atoms with Gasteiger partial charge in [0, 0.05) is 6.42 Å². The second kappa shape index (κ2) is 4.91. The van der Waals surface area contributed by atoms with Crippen LogP contribution in [-0.2, 0) is 13.0 Å². The molecule has 0 bridgehead atoms. The molecule has 90 valence electrons. The number of hydrogen-bond acceptors (Lipinski definition) is 4. The molecule has 1 aromatic heterocycles. The van der Waals surface area contributed by atoms with E-state index in [1.807, 2.05) is 32.0 Å². The molecule has 0 amide bonds. The second-order valence-corrected chi connectivity index (χ2v) is 3.96. The lowest BCUT2D eigenvalue weighted by Gasteiger charge is -2.09. The number of nitrogens with one attached hydrogen (secondary N) is 1. The smallest absolute Gasteiger partial charge is 0.213 e. The molecule has 4 nitrogen and oxygen atoms in total. The largest absolute Gasteiger partial charge is 0.444 e. The minimum atomic E-state index is 0.549. The molecule has 0 saturated heterocycles. The van der Waals surface area contributed by atoms with Crippen LogP contribution < -0.4 is 11.1 Å². The number of nitrogens with zero attached hydrogens (tertiary/aromatic N) is 1. The van der Waals surface area contributed by atoms with E-state index in [4.69, 9.17) is 10.2 Å². The number of nitrogen functional groups attached to an aromatic ring is 1. The Hall–Kier alpha value is -1.97. The number of aryl methyl sites for hydroxylation is 2. The monoisotopic (exact) mass is 231 g/mol. The fourth-order valence-electron chi connectivity index (χ4n) is 1.60. The van der Waals surface area contributed by atoms with E-state index in [9.17, 15) is 0 Å². The Bertz CT molecular complexity index is 505. The predicted octanol–water partition coefficient (Wildman–Crippen LogP) is 2.74. The number of oxazole rings is 1. The molecule has 0 aliphatic carbocycles. The summed E-state index contributed by atoms with van der Waals surface area (Å²) in [7, 11) is 0. The maximum atomic E-state index is 5.96. The number of anilines is 2. The Morgan fingerprint density at radius 2 is 2.24 bits per heavy atom. The van der Waals surface area contributed by atoms with Crippen LogP contribution in [0.3, 0.4) is 0 Å². The molecule has 0 spiro atoms. The Balaban J connectivity index is 2.04. The molecule has 0 fully saturated rings. The highest BCUT2D eigenvalue weighted by atomic mass is 16.4. The number of nitrogens with two attached hydrogens (primary N) is 1. The van der Waals surface area contributed by atoms with Crippen molar-refractivity contribution in [2.24, 2.45) is 0 Å². The molecule has 0 atom stereocenters. The maximum Gasteiger partial charge on any atom is 0.213 e. The highest BCUT2D eigenvalue weighted by Gasteiger charge is 2.04. The van der Waals surface area contributed by atoms with E-state index in [0.29, 0.717) is 12.4 Å². The van der Waals surface area contributed by atoms with Gasteiger partial charge in [-0.15, -0.1) is 0 Å². The summed E-state index contributed by atoms with van der Waals surface area (Å²) < 4.78 is 5.51. The van der Waals surface area contributed by atoms with Gasteiger partial charge in [-0.05, 0) is 18.6 Å². The highest BCUT2D eigenvalue weighted by molar-refractivity contribution is 5.69. The van der Waals surface area contributed by atoms with E-state index in [1.165, 1.54) is 0 Å². The average molecular weight is 231 g/mol. The molecule has 1 heterocycles. The fraction of sp³-hybridized carbons (Fsp3) is 0.308. The molecule has 2 rings (SSSR count). The van der Waals surface area contributed by atoms with Crippen molar-refractivity contribution < 1.29 is 4.42 Å². The van der Waals surface area contributed by atoms with Gasteiger partial charge in [-0.1, -0.05) is 19.1 Å². The third-order valence-electron chi connectivity index (χ3n) is 2.70. The normalized spacial score (nSPS) is 10.5. The van der Waals surface area contributed by atoms with Crippen LogP contribution in [-0.4, -0.2) is 4.98 Å². The van der Waals surface area contributed by atoms with Gasteiger partial charge >= 0.3 is 0 Å². The van der Waals surface area contributed by atoms with Gasteiger partial charge in [-0.2, -0.15) is 0 Å². The third kappa shape index (κ3) is 2.58. The number of benzene rings is 1. The van der Waals surface area contributed by atoms with Crippen LogP contribution in [0.2, 0.25) is 0 Å². The van der Waals surface area contributed by atoms with E-state index in [0.717, 1.165) is 29.1 Å².